The first-order valence-electron chi connectivity index (χ1n) is 21.5. The van der Waals surface area contributed by atoms with Crippen LogP contribution in [0.2, 0.25) is 0 Å². The van der Waals surface area contributed by atoms with Gasteiger partial charge in [-0.3, -0.25) is 4.57 Å². The number of hydrogen-bond acceptors (Lipinski definition) is 3. The number of rotatable bonds is 6. The van der Waals surface area contributed by atoms with Crippen LogP contribution in [0.4, 0.5) is 0 Å². The minimum Gasteiger partial charge on any atom is -0.309 e. The molecule has 12 aromatic rings. The molecule has 0 saturated heterocycles. The van der Waals surface area contributed by atoms with Crippen LogP contribution in [0.3, 0.4) is 0 Å². The molecule has 0 unspecified atom stereocenters. The zero-order valence-electron chi connectivity index (χ0n) is 34.2. The molecular formula is C58H37N5. The van der Waals surface area contributed by atoms with E-state index < -0.39 is 0 Å². The Kier molecular flexibility index (Phi) is 7.90. The van der Waals surface area contributed by atoms with Gasteiger partial charge in [-0.25, -0.2) is 4.98 Å². The number of aromatic nitrogens is 5. The number of nitrogens with zero attached hydrogens (tertiary/aromatic N) is 5. The molecule has 0 radical (unpaired) electrons. The number of benzene rings is 9. The molecule has 13 rings (SSSR count). The van der Waals surface area contributed by atoms with Crippen LogP contribution < -0.4 is 0 Å². The average molecular weight is 804 g/mol. The lowest BCUT2D eigenvalue weighted by Crippen LogP contribution is -2.06. The summed E-state index contributed by atoms with van der Waals surface area (Å²) in [6.45, 7) is 0. The summed E-state index contributed by atoms with van der Waals surface area (Å²) >= 11 is 0. The van der Waals surface area contributed by atoms with E-state index in [4.69, 9.17) is 15.0 Å². The maximum absolute atomic E-state index is 5.22. The summed E-state index contributed by atoms with van der Waals surface area (Å²) in [6.07, 6.45) is 0.836. The van der Waals surface area contributed by atoms with E-state index in [1.165, 1.54) is 71.9 Å². The maximum Gasteiger partial charge on any atom is 0.238 e. The highest BCUT2D eigenvalue weighted by atomic mass is 15.2. The third-order valence-electron chi connectivity index (χ3n) is 12.8. The van der Waals surface area contributed by atoms with Gasteiger partial charge in [0, 0.05) is 39.1 Å². The molecule has 1 aliphatic carbocycles. The Morgan fingerprint density at radius 2 is 0.810 bits per heavy atom. The topological polar surface area (TPSA) is 48.5 Å². The van der Waals surface area contributed by atoms with Gasteiger partial charge in [0.05, 0.1) is 27.8 Å². The second-order valence-electron chi connectivity index (χ2n) is 16.3. The monoisotopic (exact) mass is 803 g/mol. The molecule has 0 fully saturated rings. The van der Waals surface area contributed by atoms with Crippen LogP contribution in [0.15, 0.2) is 212 Å². The quantitative estimate of drug-likeness (QED) is 0.168. The van der Waals surface area contributed by atoms with Crippen molar-refractivity contribution in [2.75, 3.05) is 0 Å². The largest absolute Gasteiger partial charge is 0.309 e. The molecule has 3 heterocycles. The molecule has 0 atom stereocenters. The molecule has 63 heavy (non-hydrogen) atoms. The first-order chi connectivity index (χ1) is 31.3. The molecule has 5 nitrogen and oxygen atoms in total. The van der Waals surface area contributed by atoms with Crippen molar-refractivity contribution in [3.05, 3.63) is 223 Å². The van der Waals surface area contributed by atoms with Crippen molar-refractivity contribution in [1.82, 2.24) is 24.1 Å². The lowest BCUT2D eigenvalue weighted by Gasteiger charge is -2.13. The molecule has 0 saturated carbocycles. The Bertz CT molecular complexity index is 3680. The molecule has 0 amide bonds. The van der Waals surface area contributed by atoms with Gasteiger partial charge in [0.2, 0.25) is 5.95 Å². The van der Waals surface area contributed by atoms with Crippen LogP contribution in [0.1, 0.15) is 11.1 Å². The van der Waals surface area contributed by atoms with Crippen LogP contribution in [0.25, 0.3) is 111 Å². The maximum atomic E-state index is 5.22. The molecular weight excluding hydrogens is 767 g/mol. The van der Waals surface area contributed by atoms with Crippen LogP contribution in [-0.4, -0.2) is 24.1 Å². The van der Waals surface area contributed by atoms with Gasteiger partial charge in [0.25, 0.3) is 0 Å². The van der Waals surface area contributed by atoms with E-state index in [-0.39, 0.29) is 0 Å². The van der Waals surface area contributed by atoms with Crippen molar-refractivity contribution in [3.8, 4) is 67.8 Å². The highest BCUT2D eigenvalue weighted by Gasteiger charge is 2.28. The third kappa shape index (κ3) is 5.53. The van der Waals surface area contributed by atoms with Gasteiger partial charge in [-0.2, -0.15) is 9.97 Å². The highest BCUT2D eigenvalue weighted by Crippen LogP contribution is 2.48. The first-order valence-corrected chi connectivity index (χ1v) is 21.5. The Labute approximate surface area is 363 Å². The van der Waals surface area contributed by atoms with E-state index in [9.17, 15) is 0 Å². The molecule has 1 aliphatic rings. The summed E-state index contributed by atoms with van der Waals surface area (Å²) in [5.74, 6) is 1.85. The molecule has 294 valence electrons. The minimum atomic E-state index is 0.583. The molecule has 3 aromatic heterocycles. The van der Waals surface area contributed by atoms with E-state index in [1.807, 2.05) is 36.4 Å². The SMILES string of the molecule is c1ccc(-c2cc(-c3ccccc3)c3c(c2)-c2cccc(-n4c5ccccc5c5c6c7ccccc7n(-c7nc(-c8ccccc8)nc(-c8ccccc8)n7)c6ccc54)c2C3)cc1. The van der Waals surface area contributed by atoms with Crippen LogP contribution in [0.5, 0.6) is 0 Å². The number of fused-ring (bicyclic) bond motifs is 10. The number of hydrogen-bond donors (Lipinski definition) is 0. The second kappa shape index (κ2) is 14.1. The fourth-order valence-electron chi connectivity index (χ4n) is 10.1. The molecule has 0 N–H and O–H groups in total. The Morgan fingerprint density at radius 1 is 0.317 bits per heavy atom. The number of para-hydroxylation sites is 2. The average Bonchev–Trinajstić information content (AvgIpc) is 4.02. The summed E-state index contributed by atoms with van der Waals surface area (Å²) in [7, 11) is 0. The van der Waals surface area contributed by atoms with E-state index in [2.05, 4.69) is 185 Å². The highest BCUT2D eigenvalue weighted by molar-refractivity contribution is 6.29. The summed E-state index contributed by atoms with van der Waals surface area (Å²) in [4.78, 5) is 15.5. The van der Waals surface area contributed by atoms with Gasteiger partial charge in [-0.1, -0.05) is 170 Å². The smallest absolute Gasteiger partial charge is 0.238 e. The lowest BCUT2D eigenvalue weighted by molar-refractivity contribution is 0.953. The second-order valence-corrected chi connectivity index (χ2v) is 16.3. The van der Waals surface area contributed by atoms with Gasteiger partial charge >= 0.3 is 0 Å². The van der Waals surface area contributed by atoms with Crippen LogP contribution >= 0.6 is 0 Å². The predicted octanol–water partition coefficient (Wildman–Crippen LogP) is 14.3. The molecule has 0 spiro atoms. The standard InChI is InChI=1S/C58H37N5/c1-5-18-37(19-6-1)41-34-45(38-20-7-2-8-21-38)47-36-48-42(46(47)35-41)28-17-31-51(48)62-49-29-15-13-26-43(49)54-52(62)32-33-53-55(54)44-27-14-16-30-50(44)63(53)58-60-56(39-22-9-3-10-23-39)59-57(61-58)40-24-11-4-12-25-40/h1-35H,36H2. The van der Waals surface area contributed by atoms with E-state index in [1.54, 1.807) is 0 Å². The van der Waals surface area contributed by atoms with Crippen molar-refractivity contribution in [1.29, 1.82) is 0 Å². The lowest BCUT2D eigenvalue weighted by atomic mass is 9.91. The van der Waals surface area contributed by atoms with E-state index >= 15 is 0 Å². The van der Waals surface area contributed by atoms with Crippen molar-refractivity contribution in [2.45, 2.75) is 6.42 Å². The molecule has 5 heteroatoms. The van der Waals surface area contributed by atoms with E-state index in [0.29, 0.717) is 17.6 Å². The van der Waals surface area contributed by atoms with Gasteiger partial charge in [-0.15, -0.1) is 0 Å². The Hall–Kier alpha value is -8.41. The molecule has 0 bridgehead atoms. The Morgan fingerprint density at radius 3 is 1.41 bits per heavy atom. The van der Waals surface area contributed by atoms with Gasteiger partial charge in [0.15, 0.2) is 11.6 Å². The summed E-state index contributed by atoms with van der Waals surface area (Å²) in [5.41, 5.74) is 17.8. The zero-order valence-corrected chi connectivity index (χ0v) is 34.2. The van der Waals surface area contributed by atoms with Crippen molar-refractivity contribution in [2.24, 2.45) is 0 Å². The van der Waals surface area contributed by atoms with Gasteiger partial charge in [0.1, 0.15) is 0 Å². The summed E-state index contributed by atoms with van der Waals surface area (Å²) in [6, 6.07) is 75.8. The first kappa shape index (κ1) is 35.4. The van der Waals surface area contributed by atoms with E-state index in [0.717, 1.165) is 39.5 Å². The van der Waals surface area contributed by atoms with Crippen molar-refractivity contribution < 1.29 is 0 Å². The predicted molar refractivity (Wildman–Crippen MR) is 258 cm³/mol. The zero-order chi connectivity index (χ0) is 41.4. The molecule has 0 aliphatic heterocycles. The van der Waals surface area contributed by atoms with Crippen molar-refractivity contribution in [3.63, 3.8) is 0 Å². The summed E-state index contributed by atoms with van der Waals surface area (Å²) in [5, 5.41) is 4.74. The fraction of sp³-hybridized carbons (Fsp3) is 0.0172. The van der Waals surface area contributed by atoms with Gasteiger partial charge < -0.3 is 4.57 Å². The summed E-state index contributed by atoms with van der Waals surface area (Å²) < 4.78 is 4.73. The van der Waals surface area contributed by atoms with Crippen molar-refractivity contribution >= 4 is 43.6 Å². The molecule has 9 aromatic carbocycles. The van der Waals surface area contributed by atoms with Crippen LogP contribution in [-0.2, 0) is 6.42 Å². The van der Waals surface area contributed by atoms with Crippen LogP contribution in [0, 0.1) is 0 Å². The normalized spacial score (nSPS) is 12.1. The van der Waals surface area contributed by atoms with Gasteiger partial charge in [-0.05, 0) is 87.0 Å². The minimum absolute atomic E-state index is 0.583. The third-order valence-corrected chi connectivity index (χ3v) is 12.8. The fourth-order valence-corrected chi connectivity index (χ4v) is 10.1. The Balaban J connectivity index is 1.06.